The van der Waals surface area contributed by atoms with Crippen LogP contribution in [0, 0.1) is 5.82 Å². The lowest BCUT2D eigenvalue weighted by Gasteiger charge is -2.23. The van der Waals surface area contributed by atoms with E-state index in [4.69, 9.17) is 4.74 Å². The van der Waals surface area contributed by atoms with E-state index < -0.39 is 28.4 Å². The van der Waals surface area contributed by atoms with Gasteiger partial charge in [-0.1, -0.05) is 6.07 Å². The van der Waals surface area contributed by atoms with E-state index in [1.54, 1.807) is 0 Å². The van der Waals surface area contributed by atoms with Crippen LogP contribution in [0.1, 0.15) is 16.8 Å². The fourth-order valence-electron chi connectivity index (χ4n) is 3.32. The van der Waals surface area contributed by atoms with Crippen LogP contribution in [0.4, 0.5) is 13.2 Å². The third-order valence-electron chi connectivity index (χ3n) is 4.83. The van der Waals surface area contributed by atoms with Crippen molar-refractivity contribution in [3.8, 4) is 11.5 Å². The molecular formula is C20H21F3N2O5S. The zero-order valence-electron chi connectivity index (χ0n) is 16.6. The number of hydrogen-bond donors (Lipinski definition) is 0. The fourth-order valence-corrected chi connectivity index (χ4v) is 4.79. The van der Waals surface area contributed by atoms with E-state index in [1.165, 1.54) is 46.6 Å². The van der Waals surface area contributed by atoms with Crippen molar-refractivity contribution in [3.63, 3.8) is 0 Å². The van der Waals surface area contributed by atoms with Gasteiger partial charge in [0, 0.05) is 26.2 Å². The minimum absolute atomic E-state index is 0.000452. The summed E-state index contributed by atoms with van der Waals surface area (Å²) in [6, 6.07) is 8.72. The van der Waals surface area contributed by atoms with E-state index in [9.17, 15) is 26.4 Å². The molecule has 168 valence electrons. The van der Waals surface area contributed by atoms with Crippen molar-refractivity contribution in [3.05, 3.63) is 53.8 Å². The molecule has 1 aliphatic heterocycles. The highest BCUT2D eigenvalue weighted by Crippen LogP contribution is 2.33. The SMILES string of the molecule is COc1cccc(C(=O)N2CCCN(S(=O)(=O)c3ccc(F)cc3)CC2)c1OC(F)F. The van der Waals surface area contributed by atoms with E-state index in [1.807, 2.05) is 0 Å². The molecule has 3 rings (SSSR count). The molecule has 0 N–H and O–H groups in total. The van der Waals surface area contributed by atoms with Crippen LogP contribution < -0.4 is 9.47 Å². The van der Waals surface area contributed by atoms with Gasteiger partial charge in [-0.2, -0.15) is 13.1 Å². The van der Waals surface area contributed by atoms with Gasteiger partial charge in [0.25, 0.3) is 5.91 Å². The van der Waals surface area contributed by atoms with Crippen LogP contribution in [0.2, 0.25) is 0 Å². The van der Waals surface area contributed by atoms with Crippen LogP contribution >= 0.6 is 0 Å². The van der Waals surface area contributed by atoms with Gasteiger partial charge in [-0.15, -0.1) is 0 Å². The van der Waals surface area contributed by atoms with Gasteiger partial charge in [-0.25, -0.2) is 12.8 Å². The molecule has 0 aromatic heterocycles. The number of amides is 1. The maximum Gasteiger partial charge on any atom is 0.387 e. The number of alkyl halides is 2. The molecule has 2 aromatic carbocycles. The van der Waals surface area contributed by atoms with Crippen molar-refractivity contribution < 1.29 is 35.9 Å². The summed E-state index contributed by atoms with van der Waals surface area (Å²) in [5.74, 6) is -1.51. The molecule has 1 heterocycles. The minimum Gasteiger partial charge on any atom is -0.493 e. The molecule has 2 aromatic rings. The lowest BCUT2D eigenvalue weighted by Crippen LogP contribution is -2.37. The molecule has 0 aliphatic carbocycles. The second kappa shape index (κ2) is 9.56. The zero-order valence-corrected chi connectivity index (χ0v) is 17.4. The van der Waals surface area contributed by atoms with E-state index in [0.29, 0.717) is 6.42 Å². The number of ether oxygens (including phenoxy) is 2. The monoisotopic (exact) mass is 458 g/mol. The van der Waals surface area contributed by atoms with Gasteiger partial charge in [0.1, 0.15) is 5.82 Å². The Morgan fingerprint density at radius 2 is 1.74 bits per heavy atom. The Kier molecular flexibility index (Phi) is 7.06. The van der Waals surface area contributed by atoms with Crippen molar-refractivity contribution in [2.75, 3.05) is 33.3 Å². The topological polar surface area (TPSA) is 76.2 Å². The Balaban J connectivity index is 1.80. The first-order valence-electron chi connectivity index (χ1n) is 9.41. The van der Waals surface area contributed by atoms with Gasteiger partial charge in [-0.05, 0) is 42.8 Å². The van der Waals surface area contributed by atoms with Crippen molar-refractivity contribution in [1.29, 1.82) is 0 Å². The predicted molar refractivity (Wildman–Crippen MR) is 105 cm³/mol. The maximum absolute atomic E-state index is 13.1. The van der Waals surface area contributed by atoms with Crippen molar-refractivity contribution in [2.24, 2.45) is 0 Å². The summed E-state index contributed by atoms with van der Waals surface area (Å²) in [7, 11) is -2.60. The van der Waals surface area contributed by atoms with Crippen LogP contribution in [0.15, 0.2) is 47.4 Å². The average molecular weight is 458 g/mol. The summed E-state index contributed by atoms with van der Waals surface area (Å²) in [6.07, 6.45) is 0.334. The molecule has 0 saturated carbocycles. The summed E-state index contributed by atoms with van der Waals surface area (Å²) >= 11 is 0. The Bertz CT molecular complexity index is 1030. The van der Waals surface area contributed by atoms with E-state index in [2.05, 4.69) is 4.74 Å². The number of carbonyl (C=O) groups is 1. The highest BCUT2D eigenvalue weighted by Gasteiger charge is 2.30. The first-order chi connectivity index (χ1) is 14.7. The summed E-state index contributed by atoms with van der Waals surface area (Å²) in [5, 5.41) is 0. The molecule has 0 bridgehead atoms. The lowest BCUT2D eigenvalue weighted by atomic mass is 10.1. The lowest BCUT2D eigenvalue weighted by molar-refractivity contribution is -0.0516. The first-order valence-corrected chi connectivity index (χ1v) is 10.8. The van der Waals surface area contributed by atoms with Crippen LogP contribution in [0.3, 0.4) is 0 Å². The largest absolute Gasteiger partial charge is 0.493 e. The molecule has 1 fully saturated rings. The number of benzene rings is 2. The second-order valence-corrected chi connectivity index (χ2v) is 8.66. The van der Waals surface area contributed by atoms with E-state index >= 15 is 0 Å². The number of hydrogen-bond acceptors (Lipinski definition) is 5. The van der Waals surface area contributed by atoms with Crippen molar-refractivity contribution in [2.45, 2.75) is 17.9 Å². The van der Waals surface area contributed by atoms with E-state index in [-0.39, 0.29) is 48.1 Å². The van der Waals surface area contributed by atoms with Crippen molar-refractivity contribution in [1.82, 2.24) is 9.21 Å². The average Bonchev–Trinajstić information content (AvgIpc) is 3.00. The third-order valence-corrected chi connectivity index (χ3v) is 6.74. The Hall–Kier alpha value is -2.79. The highest BCUT2D eigenvalue weighted by atomic mass is 32.2. The molecule has 31 heavy (non-hydrogen) atoms. The van der Waals surface area contributed by atoms with Crippen LogP contribution in [-0.4, -0.2) is 63.4 Å². The number of nitrogens with zero attached hydrogens (tertiary/aromatic N) is 2. The molecule has 0 unspecified atom stereocenters. The Labute approximate surface area is 178 Å². The molecule has 7 nitrogen and oxygen atoms in total. The van der Waals surface area contributed by atoms with Gasteiger partial charge < -0.3 is 14.4 Å². The van der Waals surface area contributed by atoms with E-state index in [0.717, 1.165) is 12.1 Å². The number of rotatable bonds is 6. The molecule has 1 amide bonds. The Morgan fingerprint density at radius 1 is 1.03 bits per heavy atom. The normalized spacial score (nSPS) is 15.6. The minimum atomic E-state index is -3.87. The molecular weight excluding hydrogens is 437 g/mol. The summed E-state index contributed by atoms with van der Waals surface area (Å²) in [5.41, 5.74) is -0.102. The number of methoxy groups -OCH3 is 1. The van der Waals surface area contributed by atoms with Gasteiger partial charge in [-0.3, -0.25) is 4.79 Å². The quantitative estimate of drug-likeness (QED) is 0.665. The maximum atomic E-state index is 13.1. The number of para-hydroxylation sites is 1. The summed E-state index contributed by atoms with van der Waals surface area (Å²) in [6.45, 7) is -2.73. The summed E-state index contributed by atoms with van der Waals surface area (Å²) < 4.78 is 75.3. The van der Waals surface area contributed by atoms with Crippen LogP contribution in [-0.2, 0) is 10.0 Å². The van der Waals surface area contributed by atoms with Crippen LogP contribution in [0.5, 0.6) is 11.5 Å². The van der Waals surface area contributed by atoms with Gasteiger partial charge in [0.2, 0.25) is 10.0 Å². The number of carbonyl (C=O) groups excluding carboxylic acids is 1. The molecule has 1 saturated heterocycles. The first kappa shape index (κ1) is 22.9. The predicted octanol–water partition coefficient (Wildman–Crippen LogP) is 2.97. The smallest absolute Gasteiger partial charge is 0.387 e. The van der Waals surface area contributed by atoms with Crippen LogP contribution in [0.25, 0.3) is 0 Å². The van der Waals surface area contributed by atoms with Crippen molar-refractivity contribution >= 4 is 15.9 Å². The number of sulfonamides is 1. The standard InChI is InChI=1S/C20H21F3N2O5S/c1-29-17-5-2-4-16(18(17)30-20(22)23)19(26)24-10-3-11-25(13-12-24)31(27,28)15-8-6-14(21)7-9-15/h2,4-9,20H,3,10-13H2,1H3. The number of halogens is 3. The zero-order chi connectivity index (χ0) is 22.6. The second-order valence-electron chi connectivity index (χ2n) is 6.72. The highest BCUT2D eigenvalue weighted by molar-refractivity contribution is 7.89. The van der Waals surface area contributed by atoms with Gasteiger partial charge >= 0.3 is 6.61 Å². The Morgan fingerprint density at radius 3 is 2.39 bits per heavy atom. The van der Waals surface area contributed by atoms with Gasteiger partial charge in [0.15, 0.2) is 11.5 Å². The third kappa shape index (κ3) is 5.10. The molecule has 11 heteroatoms. The molecule has 1 aliphatic rings. The molecule has 0 spiro atoms. The summed E-state index contributed by atoms with van der Waals surface area (Å²) in [4.78, 5) is 14.4. The molecule has 0 radical (unpaired) electrons. The molecule has 0 atom stereocenters. The van der Waals surface area contributed by atoms with Gasteiger partial charge in [0.05, 0.1) is 17.6 Å². The fraction of sp³-hybridized carbons (Fsp3) is 0.350.